The number of carboxylic acids is 1. The summed E-state index contributed by atoms with van der Waals surface area (Å²) in [5.41, 5.74) is 11.2. The summed E-state index contributed by atoms with van der Waals surface area (Å²) in [5, 5.41) is 30.1. The number of nitrogens with one attached hydrogen (secondary N) is 3. The predicted molar refractivity (Wildman–Crippen MR) is 92.2 cm³/mol. The molecule has 0 fully saturated rings. The first-order valence-electron chi connectivity index (χ1n) is 7.21. The fourth-order valence-electron chi connectivity index (χ4n) is 1.58. The molecule has 138 valence electrons. The van der Waals surface area contributed by atoms with Crippen LogP contribution in [0.15, 0.2) is 24.3 Å². The van der Waals surface area contributed by atoms with Gasteiger partial charge in [0.1, 0.15) is 0 Å². The lowest BCUT2D eigenvalue weighted by Crippen LogP contribution is -2.37. The summed E-state index contributed by atoms with van der Waals surface area (Å²) in [7, 11) is 0. The SMILES string of the molecule is CC(=O)O.N=C(N)NCCC[C@H](N)C(=O)Nc1ccc([N+](=O)[O-])cc1. The van der Waals surface area contributed by atoms with E-state index < -0.39 is 16.9 Å². The number of carbonyl (C=O) groups is 2. The molecule has 0 aliphatic carbocycles. The number of nitro groups is 1. The Morgan fingerprint density at radius 2 is 1.88 bits per heavy atom. The Kier molecular flexibility index (Phi) is 9.89. The number of guanidine groups is 1. The molecule has 0 aromatic heterocycles. The highest BCUT2D eigenvalue weighted by Gasteiger charge is 2.13. The molecule has 0 saturated carbocycles. The summed E-state index contributed by atoms with van der Waals surface area (Å²) in [6, 6.07) is 4.80. The monoisotopic (exact) mass is 354 g/mol. The third-order valence-corrected chi connectivity index (χ3v) is 2.69. The van der Waals surface area contributed by atoms with Gasteiger partial charge in [-0.05, 0) is 25.0 Å². The summed E-state index contributed by atoms with van der Waals surface area (Å²) in [5.74, 6) is -1.33. The van der Waals surface area contributed by atoms with Gasteiger partial charge in [0, 0.05) is 31.3 Å². The Hall–Kier alpha value is -3.21. The normalized spacial score (nSPS) is 10.6. The molecule has 0 unspecified atom stereocenters. The van der Waals surface area contributed by atoms with Gasteiger partial charge < -0.3 is 27.2 Å². The molecule has 1 rings (SSSR count). The lowest BCUT2D eigenvalue weighted by molar-refractivity contribution is -0.384. The van der Waals surface area contributed by atoms with Crippen LogP contribution in [0.3, 0.4) is 0 Å². The van der Waals surface area contributed by atoms with Crippen molar-refractivity contribution in [2.45, 2.75) is 25.8 Å². The Bertz CT molecular complexity index is 600. The van der Waals surface area contributed by atoms with E-state index in [-0.39, 0.29) is 17.6 Å². The molecule has 11 nitrogen and oxygen atoms in total. The maximum absolute atomic E-state index is 11.8. The number of hydrogen-bond acceptors (Lipinski definition) is 6. The van der Waals surface area contributed by atoms with Crippen LogP contribution in [-0.2, 0) is 9.59 Å². The van der Waals surface area contributed by atoms with Crippen molar-refractivity contribution < 1.29 is 19.6 Å². The molecule has 25 heavy (non-hydrogen) atoms. The number of benzene rings is 1. The highest BCUT2D eigenvalue weighted by molar-refractivity contribution is 5.94. The summed E-state index contributed by atoms with van der Waals surface area (Å²) in [6.45, 7) is 1.55. The first-order chi connectivity index (χ1) is 11.6. The van der Waals surface area contributed by atoms with Crippen molar-refractivity contribution in [2.75, 3.05) is 11.9 Å². The predicted octanol–water partition coefficient (Wildman–Crippen LogP) is 0.215. The van der Waals surface area contributed by atoms with Gasteiger partial charge in [-0.2, -0.15) is 0 Å². The zero-order chi connectivity index (χ0) is 19.4. The van der Waals surface area contributed by atoms with E-state index in [0.29, 0.717) is 25.1 Å². The highest BCUT2D eigenvalue weighted by Crippen LogP contribution is 2.15. The maximum Gasteiger partial charge on any atom is 0.300 e. The number of nitro benzene ring substituents is 1. The van der Waals surface area contributed by atoms with Crippen LogP contribution in [0.1, 0.15) is 19.8 Å². The van der Waals surface area contributed by atoms with E-state index in [1.165, 1.54) is 24.3 Å². The smallest absolute Gasteiger partial charge is 0.300 e. The second kappa shape index (κ2) is 11.3. The molecule has 11 heteroatoms. The van der Waals surface area contributed by atoms with Crippen molar-refractivity contribution in [1.82, 2.24) is 5.32 Å². The quantitative estimate of drug-likeness (QED) is 0.131. The van der Waals surface area contributed by atoms with E-state index in [2.05, 4.69) is 10.6 Å². The molecule has 1 aromatic carbocycles. The molecular weight excluding hydrogens is 332 g/mol. The van der Waals surface area contributed by atoms with Crippen LogP contribution >= 0.6 is 0 Å². The van der Waals surface area contributed by atoms with Gasteiger partial charge >= 0.3 is 0 Å². The van der Waals surface area contributed by atoms with Gasteiger partial charge in [0.25, 0.3) is 11.7 Å². The van der Waals surface area contributed by atoms with Crippen LogP contribution in [0.25, 0.3) is 0 Å². The Balaban J connectivity index is 0.00000129. The summed E-state index contributed by atoms with van der Waals surface area (Å²) < 4.78 is 0. The molecule has 0 aliphatic rings. The molecular formula is C14H22N6O5. The minimum Gasteiger partial charge on any atom is -0.481 e. The van der Waals surface area contributed by atoms with Crippen LogP contribution in [0.4, 0.5) is 11.4 Å². The second-order valence-corrected chi connectivity index (χ2v) is 4.90. The lowest BCUT2D eigenvalue weighted by atomic mass is 10.1. The average Bonchev–Trinajstić information content (AvgIpc) is 2.51. The van der Waals surface area contributed by atoms with Gasteiger partial charge in [-0.3, -0.25) is 25.1 Å². The van der Waals surface area contributed by atoms with Gasteiger partial charge in [0.05, 0.1) is 11.0 Å². The number of hydrogen-bond donors (Lipinski definition) is 6. The van der Waals surface area contributed by atoms with Gasteiger partial charge in [-0.1, -0.05) is 0 Å². The van der Waals surface area contributed by atoms with Crippen LogP contribution < -0.4 is 22.1 Å². The van der Waals surface area contributed by atoms with Crippen molar-refractivity contribution in [3.63, 3.8) is 0 Å². The van der Waals surface area contributed by atoms with Crippen molar-refractivity contribution in [3.8, 4) is 0 Å². The highest BCUT2D eigenvalue weighted by atomic mass is 16.6. The van der Waals surface area contributed by atoms with Crippen molar-refractivity contribution in [3.05, 3.63) is 34.4 Å². The van der Waals surface area contributed by atoms with E-state index >= 15 is 0 Å². The number of nitrogens with zero attached hydrogens (tertiary/aromatic N) is 1. The zero-order valence-electron chi connectivity index (χ0n) is 13.7. The molecule has 0 radical (unpaired) electrons. The molecule has 0 bridgehead atoms. The fraction of sp³-hybridized carbons (Fsp3) is 0.357. The van der Waals surface area contributed by atoms with Crippen LogP contribution in [0.2, 0.25) is 0 Å². The standard InChI is InChI=1S/C12H18N6O3.C2H4O2/c13-10(2-1-7-16-12(14)15)11(19)17-8-3-5-9(6-4-8)18(20)21;1-2(3)4/h3-6,10H,1-2,7,13H2,(H,17,19)(H4,14,15,16);1H3,(H,3,4)/t10-;/m0./s1. The third kappa shape index (κ3) is 11.0. The first-order valence-corrected chi connectivity index (χ1v) is 7.21. The molecule has 8 N–H and O–H groups in total. The zero-order valence-corrected chi connectivity index (χ0v) is 13.7. The van der Waals surface area contributed by atoms with Crippen LogP contribution in [-0.4, -0.2) is 40.5 Å². The number of amides is 1. The number of non-ortho nitro benzene ring substituents is 1. The number of anilines is 1. The van der Waals surface area contributed by atoms with Crippen molar-refractivity contribution >= 4 is 29.2 Å². The number of aliphatic carboxylic acids is 1. The molecule has 1 atom stereocenters. The number of carboxylic acid groups (broad SMARTS) is 1. The van der Waals surface area contributed by atoms with E-state index in [4.69, 9.17) is 26.8 Å². The van der Waals surface area contributed by atoms with Crippen molar-refractivity contribution in [2.24, 2.45) is 11.5 Å². The summed E-state index contributed by atoms with van der Waals surface area (Å²) >= 11 is 0. The molecule has 1 amide bonds. The third-order valence-electron chi connectivity index (χ3n) is 2.69. The Morgan fingerprint density at radius 3 is 2.32 bits per heavy atom. The maximum atomic E-state index is 11.8. The number of carbonyl (C=O) groups excluding carboxylic acids is 1. The Morgan fingerprint density at radius 1 is 1.36 bits per heavy atom. The van der Waals surface area contributed by atoms with E-state index in [0.717, 1.165) is 6.92 Å². The lowest BCUT2D eigenvalue weighted by Gasteiger charge is -2.12. The van der Waals surface area contributed by atoms with Gasteiger partial charge in [0.15, 0.2) is 5.96 Å². The van der Waals surface area contributed by atoms with Crippen molar-refractivity contribution in [1.29, 1.82) is 5.41 Å². The minimum absolute atomic E-state index is 0.0485. The molecule has 0 aliphatic heterocycles. The number of nitrogens with two attached hydrogens (primary N) is 2. The van der Waals surface area contributed by atoms with Crippen LogP contribution in [0, 0.1) is 15.5 Å². The average molecular weight is 354 g/mol. The van der Waals surface area contributed by atoms with Gasteiger partial charge in [-0.25, -0.2) is 0 Å². The molecule has 0 spiro atoms. The van der Waals surface area contributed by atoms with E-state index in [1.54, 1.807) is 0 Å². The van der Waals surface area contributed by atoms with Gasteiger partial charge in [-0.15, -0.1) is 0 Å². The summed E-state index contributed by atoms with van der Waals surface area (Å²) in [6.07, 6.45) is 1.02. The fourth-order valence-corrected chi connectivity index (χ4v) is 1.58. The molecule has 0 saturated heterocycles. The van der Waals surface area contributed by atoms with Gasteiger partial charge in [0.2, 0.25) is 5.91 Å². The minimum atomic E-state index is -0.833. The number of rotatable bonds is 7. The molecule has 0 heterocycles. The van der Waals surface area contributed by atoms with Crippen LogP contribution in [0.5, 0.6) is 0 Å². The van der Waals surface area contributed by atoms with E-state index in [1.807, 2.05) is 0 Å². The first kappa shape index (κ1) is 21.8. The second-order valence-electron chi connectivity index (χ2n) is 4.90. The largest absolute Gasteiger partial charge is 0.481 e. The topological polar surface area (TPSA) is 197 Å². The Labute approximate surface area is 144 Å². The molecule has 1 aromatic rings. The van der Waals surface area contributed by atoms with E-state index in [9.17, 15) is 14.9 Å². The summed E-state index contributed by atoms with van der Waals surface area (Å²) in [4.78, 5) is 30.8.